The van der Waals surface area contributed by atoms with Gasteiger partial charge in [-0.2, -0.15) is 17.5 Å². The van der Waals surface area contributed by atoms with Gasteiger partial charge < -0.3 is 5.32 Å². The third-order valence-corrected chi connectivity index (χ3v) is 6.00. The van der Waals surface area contributed by atoms with E-state index in [1.165, 1.54) is 6.07 Å². The zero-order valence-electron chi connectivity index (χ0n) is 12.5. The monoisotopic (exact) mass is 370 g/mol. The summed E-state index contributed by atoms with van der Waals surface area (Å²) in [6.45, 7) is 1.06. The molecular weight excluding hydrogens is 353 g/mol. The first kappa shape index (κ1) is 18.5. The molecule has 1 aliphatic rings. The molecule has 0 spiro atoms. The van der Waals surface area contributed by atoms with Crippen molar-refractivity contribution in [1.29, 1.82) is 0 Å². The highest BCUT2D eigenvalue weighted by Crippen LogP contribution is 2.37. The van der Waals surface area contributed by atoms with Gasteiger partial charge in [-0.05, 0) is 50.6 Å². The van der Waals surface area contributed by atoms with E-state index >= 15 is 0 Å². The molecule has 1 aromatic rings. The van der Waals surface area contributed by atoms with Gasteiger partial charge in [-0.25, -0.2) is 8.42 Å². The van der Waals surface area contributed by atoms with Gasteiger partial charge in [-0.1, -0.05) is 11.6 Å². The van der Waals surface area contributed by atoms with Gasteiger partial charge in [-0.3, -0.25) is 0 Å². The van der Waals surface area contributed by atoms with Crippen molar-refractivity contribution in [3.8, 4) is 0 Å². The molecule has 0 unspecified atom stereocenters. The van der Waals surface area contributed by atoms with E-state index in [2.05, 4.69) is 5.32 Å². The number of sulfonamides is 1. The van der Waals surface area contributed by atoms with Crippen molar-refractivity contribution in [3.63, 3.8) is 0 Å². The van der Waals surface area contributed by atoms with Gasteiger partial charge in [0.2, 0.25) is 10.0 Å². The van der Waals surface area contributed by atoms with E-state index in [1.807, 2.05) is 0 Å². The molecule has 0 radical (unpaired) electrons. The zero-order valence-corrected chi connectivity index (χ0v) is 14.1. The lowest BCUT2D eigenvalue weighted by Crippen LogP contribution is -2.42. The molecular formula is C14H18ClF3N2O2S. The van der Waals surface area contributed by atoms with Crippen LogP contribution in [0.4, 0.5) is 13.2 Å². The van der Waals surface area contributed by atoms with Crippen LogP contribution in [-0.2, 0) is 16.2 Å². The molecule has 0 amide bonds. The summed E-state index contributed by atoms with van der Waals surface area (Å²) in [5, 5.41) is 2.82. The van der Waals surface area contributed by atoms with E-state index in [0.29, 0.717) is 19.0 Å². The molecule has 0 aliphatic carbocycles. The van der Waals surface area contributed by atoms with Crippen LogP contribution in [0.5, 0.6) is 0 Å². The molecule has 9 heteroatoms. The van der Waals surface area contributed by atoms with Crippen molar-refractivity contribution in [1.82, 2.24) is 9.62 Å². The van der Waals surface area contributed by atoms with Crippen LogP contribution in [-0.4, -0.2) is 39.4 Å². The van der Waals surface area contributed by atoms with Crippen molar-refractivity contribution in [3.05, 3.63) is 28.8 Å². The number of benzene rings is 1. The Kier molecular flexibility index (Phi) is 5.60. The summed E-state index contributed by atoms with van der Waals surface area (Å²) in [7, 11) is -2.46. The largest absolute Gasteiger partial charge is 0.417 e. The second-order valence-electron chi connectivity index (χ2n) is 5.57. The van der Waals surface area contributed by atoms with Crippen molar-refractivity contribution < 1.29 is 21.6 Å². The van der Waals surface area contributed by atoms with Gasteiger partial charge in [0.1, 0.15) is 0 Å². The molecule has 1 aliphatic heterocycles. The Bertz CT molecular complexity index is 662. The second-order valence-corrected chi connectivity index (χ2v) is 7.91. The van der Waals surface area contributed by atoms with Gasteiger partial charge in [0, 0.05) is 18.1 Å². The summed E-state index contributed by atoms with van der Waals surface area (Å²) in [6, 6.07) is 2.75. The maximum Gasteiger partial charge on any atom is 0.417 e. The lowest BCUT2D eigenvalue weighted by atomic mass is 10.00. The Labute approximate surface area is 138 Å². The summed E-state index contributed by atoms with van der Waals surface area (Å²) >= 11 is 5.61. The highest BCUT2D eigenvalue weighted by Gasteiger charge is 2.40. The van der Waals surface area contributed by atoms with Crippen LogP contribution in [0.1, 0.15) is 18.4 Å². The minimum atomic E-state index is -4.78. The van der Waals surface area contributed by atoms with Gasteiger partial charge >= 0.3 is 6.18 Å². The molecule has 1 N–H and O–H groups in total. The summed E-state index contributed by atoms with van der Waals surface area (Å²) in [5.41, 5.74) is -1.22. The van der Waals surface area contributed by atoms with Gasteiger partial charge in [0.05, 0.1) is 10.5 Å². The number of hydrogen-bond donors (Lipinski definition) is 1. The van der Waals surface area contributed by atoms with E-state index < -0.39 is 26.7 Å². The molecule has 1 fully saturated rings. The molecule has 1 heterocycles. The quantitative estimate of drug-likeness (QED) is 0.886. The van der Waals surface area contributed by atoms with Crippen molar-refractivity contribution in [2.75, 3.05) is 26.7 Å². The summed E-state index contributed by atoms with van der Waals surface area (Å²) in [4.78, 5) is -0.737. The molecule has 0 aromatic heterocycles. The molecule has 0 saturated carbocycles. The molecule has 130 valence electrons. The number of alkyl halides is 3. The highest BCUT2D eigenvalue weighted by molar-refractivity contribution is 7.89. The maximum absolute atomic E-state index is 13.2. The van der Waals surface area contributed by atoms with Crippen molar-refractivity contribution in [2.24, 2.45) is 5.92 Å². The van der Waals surface area contributed by atoms with E-state index in [9.17, 15) is 21.6 Å². The van der Waals surface area contributed by atoms with E-state index in [-0.39, 0.29) is 24.0 Å². The van der Waals surface area contributed by atoms with Crippen LogP contribution in [0.3, 0.4) is 0 Å². The van der Waals surface area contributed by atoms with E-state index in [4.69, 9.17) is 11.6 Å². The summed E-state index contributed by atoms with van der Waals surface area (Å²) < 4.78 is 66.0. The average molecular weight is 371 g/mol. The molecule has 1 saturated heterocycles. The highest BCUT2D eigenvalue weighted by atomic mass is 35.5. The lowest BCUT2D eigenvalue weighted by Gasteiger charge is -2.32. The first-order valence-electron chi connectivity index (χ1n) is 7.17. The summed E-state index contributed by atoms with van der Waals surface area (Å²) in [6.07, 6.45) is -3.31. The number of nitrogens with zero attached hydrogens (tertiary/aromatic N) is 1. The van der Waals surface area contributed by atoms with Crippen LogP contribution >= 0.6 is 11.6 Å². The predicted octanol–water partition coefficient (Wildman–Crippen LogP) is 2.98. The van der Waals surface area contributed by atoms with Crippen molar-refractivity contribution in [2.45, 2.75) is 23.9 Å². The third kappa shape index (κ3) is 4.17. The van der Waals surface area contributed by atoms with Crippen LogP contribution in [0.2, 0.25) is 5.02 Å². The lowest BCUT2D eigenvalue weighted by molar-refractivity contribution is -0.139. The molecule has 1 atom stereocenters. The minimum absolute atomic E-state index is 0.0881. The molecule has 1 aromatic carbocycles. The SMILES string of the molecule is CNC[C@H]1CCCN(S(=O)(=O)c2ccc(Cl)cc2C(F)(F)F)C1. The van der Waals surface area contributed by atoms with E-state index in [0.717, 1.165) is 16.8 Å². The van der Waals surface area contributed by atoms with Crippen molar-refractivity contribution >= 4 is 21.6 Å². The van der Waals surface area contributed by atoms with Crippen LogP contribution < -0.4 is 5.32 Å². The second kappa shape index (κ2) is 6.96. The van der Waals surface area contributed by atoms with Crippen LogP contribution in [0.25, 0.3) is 0 Å². The Hall–Kier alpha value is -0.830. The van der Waals surface area contributed by atoms with Gasteiger partial charge in [-0.15, -0.1) is 0 Å². The zero-order chi connectivity index (χ0) is 17.3. The fourth-order valence-electron chi connectivity index (χ4n) is 2.79. The topological polar surface area (TPSA) is 49.4 Å². The standard InChI is InChI=1S/C14H18ClF3N2O2S/c1-19-8-10-3-2-6-20(9-10)23(21,22)13-5-4-11(15)7-12(13)14(16,17)18/h4-5,7,10,19H,2-3,6,8-9H2,1H3/t10-/m1/s1. The third-order valence-electron chi connectivity index (χ3n) is 3.84. The number of halogens is 4. The Morgan fingerprint density at radius 1 is 1.39 bits per heavy atom. The van der Waals surface area contributed by atoms with Crippen LogP contribution in [0, 0.1) is 5.92 Å². The predicted molar refractivity (Wildman–Crippen MR) is 81.9 cm³/mol. The van der Waals surface area contributed by atoms with E-state index in [1.54, 1.807) is 7.05 Å². The molecule has 23 heavy (non-hydrogen) atoms. The van der Waals surface area contributed by atoms with Gasteiger partial charge in [0.15, 0.2) is 0 Å². The minimum Gasteiger partial charge on any atom is -0.319 e. The maximum atomic E-state index is 13.2. The number of nitrogens with one attached hydrogen (secondary N) is 1. The Morgan fingerprint density at radius 2 is 2.09 bits per heavy atom. The normalized spacial score (nSPS) is 20.7. The summed E-state index contributed by atoms with van der Waals surface area (Å²) in [5.74, 6) is 0.0881. The average Bonchev–Trinajstić information content (AvgIpc) is 2.46. The number of piperidine rings is 1. The first-order chi connectivity index (χ1) is 10.7. The number of rotatable bonds is 4. The number of hydrogen-bond acceptors (Lipinski definition) is 3. The fraction of sp³-hybridized carbons (Fsp3) is 0.571. The first-order valence-corrected chi connectivity index (χ1v) is 8.99. The Morgan fingerprint density at radius 3 is 2.70 bits per heavy atom. The molecule has 0 bridgehead atoms. The van der Waals surface area contributed by atoms with Crippen LogP contribution in [0.15, 0.2) is 23.1 Å². The molecule has 4 nitrogen and oxygen atoms in total. The molecule has 2 rings (SSSR count). The fourth-order valence-corrected chi connectivity index (χ4v) is 4.71. The Balaban J connectivity index is 2.40. The smallest absolute Gasteiger partial charge is 0.319 e. The van der Waals surface area contributed by atoms with Gasteiger partial charge in [0.25, 0.3) is 0 Å².